The van der Waals surface area contributed by atoms with Crippen LogP contribution >= 0.6 is 11.8 Å². The number of hydrogen-bond donors (Lipinski definition) is 0. The fourth-order valence-electron chi connectivity index (χ4n) is 2.78. The SMILES string of the molecule is CS[C@@H]1O[C@@H](C)[C@H](O[Si](C)(C)C(C)(C)C)[C@H]2OC(C)(C)O[C@H]21. The van der Waals surface area contributed by atoms with Gasteiger partial charge in [0.05, 0.1) is 12.2 Å². The van der Waals surface area contributed by atoms with Crippen LogP contribution in [-0.2, 0) is 18.6 Å². The van der Waals surface area contributed by atoms with Crippen molar-refractivity contribution in [3.8, 4) is 0 Å². The van der Waals surface area contributed by atoms with Crippen molar-refractivity contribution in [1.82, 2.24) is 0 Å². The van der Waals surface area contributed by atoms with E-state index in [1.807, 2.05) is 13.8 Å². The van der Waals surface area contributed by atoms with Crippen LogP contribution in [0.2, 0.25) is 18.1 Å². The lowest BCUT2D eigenvalue weighted by Gasteiger charge is -2.46. The minimum atomic E-state index is -1.89. The van der Waals surface area contributed by atoms with Crippen LogP contribution in [0.3, 0.4) is 0 Å². The first kappa shape index (κ1) is 18.7. The van der Waals surface area contributed by atoms with Gasteiger partial charge < -0.3 is 18.6 Å². The molecule has 22 heavy (non-hydrogen) atoms. The summed E-state index contributed by atoms with van der Waals surface area (Å²) in [6, 6.07) is 0. The summed E-state index contributed by atoms with van der Waals surface area (Å²) < 4.78 is 25.1. The summed E-state index contributed by atoms with van der Waals surface area (Å²) in [7, 11) is -1.89. The summed E-state index contributed by atoms with van der Waals surface area (Å²) in [4.78, 5) is 0. The van der Waals surface area contributed by atoms with Gasteiger partial charge in [-0.15, -0.1) is 11.8 Å². The number of fused-ring (bicyclic) bond motifs is 1. The van der Waals surface area contributed by atoms with Crippen molar-refractivity contribution in [3.63, 3.8) is 0 Å². The third-order valence-electron chi connectivity index (χ3n) is 5.04. The summed E-state index contributed by atoms with van der Waals surface area (Å²) in [5, 5.41) is 0.160. The molecular weight excluding hydrogens is 316 g/mol. The van der Waals surface area contributed by atoms with Crippen molar-refractivity contribution in [2.45, 2.75) is 95.3 Å². The number of hydrogen-bond acceptors (Lipinski definition) is 5. The van der Waals surface area contributed by atoms with Crippen LogP contribution in [0.25, 0.3) is 0 Å². The highest BCUT2D eigenvalue weighted by Gasteiger charge is 2.56. The van der Waals surface area contributed by atoms with Crippen LogP contribution in [0.15, 0.2) is 0 Å². The molecule has 0 aliphatic carbocycles. The zero-order valence-electron chi connectivity index (χ0n) is 15.4. The van der Waals surface area contributed by atoms with Crippen molar-refractivity contribution in [1.29, 1.82) is 0 Å². The van der Waals surface area contributed by atoms with Gasteiger partial charge in [-0.25, -0.2) is 0 Å². The topological polar surface area (TPSA) is 36.9 Å². The zero-order chi connectivity index (χ0) is 16.9. The van der Waals surface area contributed by atoms with Crippen LogP contribution < -0.4 is 0 Å². The molecule has 5 atom stereocenters. The van der Waals surface area contributed by atoms with Gasteiger partial charge in [0.2, 0.25) is 0 Å². The molecule has 2 saturated heterocycles. The molecule has 130 valence electrons. The van der Waals surface area contributed by atoms with Crippen molar-refractivity contribution < 1.29 is 18.6 Å². The van der Waals surface area contributed by atoms with Gasteiger partial charge in [0, 0.05) is 0 Å². The maximum absolute atomic E-state index is 6.66. The molecule has 0 amide bonds. The van der Waals surface area contributed by atoms with Crippen LogP contribution in [0.1, 0.15) is 41.5 Å². The van der Waals surface area contributed by atoms with Crippen molar-refractivity contribution in [3.05, 3.63) is 0 Å². The Morgan fingerprint density at radius 3 is 2.14 bits per heavy atom. The molecular formula is C16H32O4SSi. The minimum Gasteiger partial charge on any atom is -0.409 e. The van der Waals surface area contributed by atoms with Crippen molar-refractivity contribution in [2.75, 3.05) is 6.26 Å². The maximum Gasteiger partial charge on any atom is 0.192 e. The molecule has 4 nitrogen and oxygen atoms in total. The molecule has 2 fully saturated rings. The molecule has 0 saturated carbocycles. The highest BCUT2D eigenvalue weighted by molar-refractivity contribution is 7.99. The van der Waals surface area contributed by atoms with Gasteiger partial charge in [-0.05, 0) is 45.2 Å². The molecule has 0 N–H and O–H groups in total. The fraction of sp³-hybridized carbons (Fsp3) is 1.00. The van der Waals surface area contributed by atoms with Crippen molar-refractivity contribution >= 4 is 20.1 Å². The van der Waals surface area contributed by atoms with E-state index >= 15 is 0 Å². The Morgan fingerprint density at radius 1 is 1.09 bits per heavy atom. The number of thioether (sulfide) groups is 1. The standard InChI is InChI=1S/C16H32O4SSi/c1-10-11(20-22(8,9)15(2,3)4)12-13(14(17-10)21-7)19-16(5,6)18-12/h10-14H,1-9H3/t10-,11-,12+,13+,14-/m0/s1. The first-order chi connectivity index (χ1) is 9.88. The molecule has 0 aromatic rings. The first-order valence-corrected chi connectivity index (χ1v) is 12.3. The highest BCUT2D eigenvalue weighted by atomic mass is 32.2. The fourth-order valence-corrected chi connectivity index (χ4v) is 4.91. The molecule has 0 spiro atoms. The second kappa shape index (κ2) is 6.04. The van der Waals surface area contributed by atoms with Gasteiger partial charge in [0.25, 0.3) is 0 Å². The van der Waals surface area contributed by atoms with E-state index in [1.165, 1.54) is 0 Å². The Morgan fingerprint density at radius 2 is 1.64 bits per heavy atom. The predicted octanol–water partition coefficient (Wildman–Crippen LogP) is 4.00. The van der Waals surface area contributed by atoms with E-state index in [4.69, 9.17) is 18.6 Å². The molecule has 0 aromatic carbocycles. The van der Waals surface area contributed by atoms with E-state index in [0.29, 0.717) is 0 Å². The summed E-state index contributed by atoms with van der Waals surface area (Å²) in [6.07, 6.45) is 1.85. The number of ether oxygens (including phenoxy) is 3. The Hall–Kier alpha value is 0.407. The monoisotopic (exact) mass is 348 g/mol. The van der Waals surface area contributed by atoms with Crippen molar-refractivity contribution in [2.24, 2.45) is 0 Å². The number of rotatable bonds is 3. The van der Waals surface area contributed by atoms with E-state index in [0.717, 1.165) is 0 Å². The lowest BCUT2D eigenvalue weighted by Crippen LogP contribution is -2.59. The maximum atomic E-state index is 6.66. The molecule has 2 aliphatic heterocycles. The van der Waals surface area contributed by atoms with Crippen LogP contribution in [0, 0.1) is 0 Å². The Bertz CT molecular complexity index is 407. The molecule has 0 bridgehead atoms. The molecule has 6 heteroatoms. The highest BCUT2D eigenvalue weighted by Crippen LogP contribution is 2.44. The quantitative estimate of drug-likeness (QED) is 0.721. The molecule has 0 radical (unpaired) electrons. The van der Waals surface area contributed by atoms with E-state index in [9.17, 15) is 0 Å². The van der Waals surface area contributed by atoms with Gasteiger partial charge in [-0.1, -0.05) is 20.8 Å². The summed E-state index contributed by atoms with van der Waals surface area (Å²) in [5.74, 6) is -0.578. The van der Waals surface area contributed by atoms with Crippen LogP contribution in [0.4, 0.5) is 0 Å². The minimum absolute atomic E-state index is 0.000964. The van der Waals surface area contributed by atoms with E-state index in [-0.39, 0.29) is 34.9 Å². The van der Waals surface area contributed by atoms with Gasteiger partial charge in [-0.2, -0.15) is 0 Å². The summed E-state index contributed by atoms with van der Waals surface area (Å²) in [6.45, 7) is 17.3. The average molecular weight is 349 g/mol. The molecule has 2 aliphatic rings. The molecule has 0 unspecified atom stereocenters. The summed E-state index contributed by atoms with van der Waals surface area (Å²) >= 11 is 1.68. The van der Waals surface area contributed by atoms with Gasteiger partial charge in [0.1, 0.15) is 17.6 Å². The Labute approximate surface area is 140 Å². The molecule has 0 aromatic heterocycles. The van der Waals surface area contributed by atoms with Gasteiger partial charge >= 0.3 is 0 Å². The largest absolute Gasteiger partial charge is 0.409 e. The van der Waals surface area contributed by atoms with Crippen LogP contribution in [0.5, 0.6) is 0 Å². The summed E-state index contributed by atoms with van der Waals surface area (Å²) in [5.41, 5.74) is 0.000964. The third kappa shape index (κ3) is 3.57. The normalized spacial score (nSPS) is 38.9. The Kier molecular flexibility index (Phi) is 5.15. The lowest BCUT2D eigenvalue weighted by atomic mass is 10.0. The zero-order valence-corrected chi connectivity index (χ0v) is 17.2. The third-order valence-corrected chi connectivity index (χ3v) is 10.4. The molecule has 2 rings (SSSR count). The molecule has 2 heterocycles. The second-order valence-corrected chi connectivity index (χ2v) is 14.0. The van der Waals surface area contributed by atoms with E-state index < -0.39 is 14.1 Å². The second-order valence-electron chi connectivity index (χ2n) is 8.35. The van der Waals surface area contributed by atoms with E-state index in [1.54, 1.807) is 11.8 Å². The lowest BCUT2D eigenvalue weighted by molar-refractivity contribution is -0.155. The van der Waals surface area contributed by atoms with E-state index in [2.05, 4.69) is 47.0 Å². The smallest absolute Gasteiger partial charge is 0.192 e. The average Bonchev–Trinajstić information content (AvgIpc) is 2.66. The van der Waals surface area contributed by atoms with Gasteiger partial charge in [-0.3, -0.25) is 0 Å². The first-order valence-electron chi connectivity index (χ1n) is 8.10. The Balaban J connectivity index is 2.24. The van der Waals surface area contributed by atoms with Gasteiger partial charge in [0.15, 0.2) is 14.1 Å². The van der Waals surface area contributed by atoms with Crippen LogP contribution in [-0.4, -0.2) is 50.2 Å². The predicted molar refractivity (Wildman–Crippen MR) is 93.7 cm³/mol.